The number of rotatable bonds is 5. The zero-order valence-electron chi connectivity index (χ0n) is 9.50. The van der Waals surface area contributed by atoms with Crippen LogP contribution in [0, 0.1) is 0 Å². The van der Waals surface area contributed by atoms with E-state index in [1.54, 1.807) is 0 Å². The van der Waals surface area contributed by atoms with Gasteiger partial charge in [0.2, 0.25) is 0 Å². The number of morpholine rings is 1. The summed E-state index contributed by atoms with van der Waals surface area (Å²) in [6, 6.07) is 0.645. The average Bonchev–Trinajstić information content (AvgIpc) is 2.23. The van der Waals surface area contributed by atoms with Crippen molar-refractivity contribution in [3.05, 3.63) is 0 Å². The van der Waals surface area contributed by atoms with E-state index in [0.717, 1.165) is 45.7 Å². The van der Waals surface area contributed by atoms with Gasteiger partial charge >= 0.3 is 0 Å². The number of ether oxygens (including phenoxy) is 2. The summed E-state index contributed by atoms with van der Waals surface area (Å²) in [6.07, 6.45) is 3.17. The lowest BCUT2D eigenvalue weighted by Crippen LogP contribution is -2.51. The minimum Gasteiger partial charge on any atom is -0.378 e. The topological polar surface area (TPSA) is 42.5 Å². The van der Waals surface area contributed by atoms with Crippen molar-refractivity contribution in [3.63, 3.8) is 0 Å². The Labute approximate surface area is 91.7 Å². The van der Waals surface area contributed by atoms with Crippen molar-refractivity contribution >= 4 is 0 Å². The van der Waals surface area contributed by atoms with Crippen LogP contribution in [0.3, 0.4) is 0 Å². The third kappa shape index (κ3) is 3.41. The highest BCUT2D eigenvalue weighted by atomic mass is 16.5. The molecule has 1 atom stereocenters. The summed E-state index contributed by atoms with van der Waals surface area (Å²) in [4.78, 5) is 0. The highest BCUT2D eigenvalue weighted by molar-refractivity contribution is 4.87. The minimum absolute atomic E-state index is 0.352. The van der Waals surface area contributed by atoms with Crippen molar-refractivity contribution in [2.24, 2.45) is 0 Å². The molecule has 2 fully saturated rings. The monoisotopic (exact) mass is 214 g/mol. The molecule has 0 radical (unpaired) electrons. The summed E-state index contributed by atoms with van der Waals surface area (Å²) in [5, 5.41) is 6.87. The van der Waals surface area contributed by atoms with Crippen LogP contribution in [0.1, 0.15) is 19.8 Å². The number of nitrogens with one attached hydrogen (secondary N) is 2. The summed E-state index contributed by atoms with van der Waals surface area (Å²) in [7, 11) is 0. The Kier molecular flexibility index (Phi) is 4.38. The van der Waals surface area contributed by atoms with Gasteiger partial charge in [0.1, 0.15) is 0 Å². The predicted molar refractivity (Wildman–Crippen MR) is 59.0 cm³/mol. The molecule has 2 aliphatic rings. The fourth-order valence-electron chi connectivity index (χ4n) is 2.15. The first-order valence-electron chi connectivity index (χ1n) is 6.05. The van der Waals surface area contributed by atoms with Crippen LogP contribution in [0.5, 0.6) is 0 Å². The zero-order valence-corrected chi connectivity index (χ0v) is 9.50. The first-order chi connectivity index (χ1) is 7.38. The van der Waals surface area contributed by atoms with Gasteiger partial charge in [-0.15, -0.1) is 0 Å². The summed E-state index contributed by atoms with van der Waals surface area (Å²) in [6.45, 7) is 6.69. The molecule has 2 N–H and O–H groups in total. The van der Waals surface area contributed by atoms with E-state index >= 15 is 0 Å². The molecule has 0 spiro atoms. The second-order valence-corrected chi connectivity index (χ2v) is 4.35. The van der Waals surface area contributed by atoms with Crippen molar-refractivity contribution < 1.29 is 9.47 Å². The van der Waals surface area contributed by atoms with Gasteiger partial charge in [-0.25, -0.2) is 0 Å². The van der Waals surface area contributed by atoms with Crippen molar-refractivity contribution in [1.82, 2.24) is 10.6 Å². The quantitative estimate of drug-likeness (QED) is 0.683. The Hall–Kier alpha value is -0.160. The van der Waals surface area contributed by atoms with Crippen LogP contribution in [-0.4, -0.2) is 51.1 Å². The second kappa shape index (κ2) is 5.80. The molecule has 1 unspecified atom stereocenters. The van der Waals surface area contributed by atoms with Gasteiger partial charge < -0.3 is 20.1 Å². The van der Waals surface area contributed by atoms with Gasteiger partial charge in [0.05, 0.1) is 18.8 Å². The van der Waals surface area contributed by atoms with E-state index in [4.69, 9.17) is 9.47 Å². The Morgan fingerprint density at radius 1 is 1.47 bits per heavy atom. The fraction of sp³-hybridized carbons (Fsp3) is 1.00. The van der Waals surface area contributed by atoms with Crippen molar-refractivity contribution in [2.75, 3.05) is 32.8 Å². The molecule has 1 saturated heterocycles. The van der Waals surface area contributed by atoms with Crippen LogP contribution in [0.15, 0.2) is 0 Å². The van der Waals surface area contributed by atoms with E-state index in [1.165, 1.54) is 0 Å². The molecule has 0 aromatic rings. The highest BCUT2D eigenvalue weighted by Crippen LogP contribution is 2.23. The van der Waals surface area contributed by atoms with Crippen LogP contribution < -0.4 is 10.6 Å². The number of hydrogen-bond acceptors (Lipinski definition) is 4. The van der Waals surface area contributed by atoms with Gasteiger partial charge in [-0.1, -0.05) is 0 Å². The van der Waals surface area contributed by atoms with Crippen LogP contribution in [0.4, 0.5) is 0 Å². The Morgan fingerprint density at radius 2 is 2.33 bits per heavy atom. The molecule has 1 aliphatic heterocycles. The zero-order chi connectivity index (χ0) is 10.5. The van der Waals surface area contributed by atoms with Crippen molar-refractivity contribution in [3.8, 4) is 0 Å². The van der Waals surface area contributed by atoms with E-state index in [-0.39, 0.29) is 0 Å². The maximum absolute atomic E-state index is 5.62. The van der Waals surface area contributed by atoms with E-state index in [1.807, 2.05) is 0 Å². The van der Waals surface area contributed by atoms with Crippen LogP contribution in [0.2, 0.25) is 0 Å². The largest absolute Gasteiger partial charge is 0.378 e. The first-order valence-corrected chi connectivity index (χ1v) is 6.05. The fourth-order valence-corrected chi connectivity index (χ4v) is 2.15. The van der Waals surface area contributed by atoms with Crippen LogP contribution in [0.25, 0.3) is 0 Å². The van der Waals surface area contributed by atoms with Gasteiger partial charge in [0, 0.05) is 32.3 Å². The molecule has 4 heteroatoms. The van der Waals surface area contributed by atoms with E-state index < -0.39 is 0 Å². The predicted octanol–water partition coefficient (Wildman–Crippen LogP) is 0.132. The average molecular weight is 214 g/mol. The lowest BCUT2D eigenvalue weighted by molar-refractivity contribution is -0.0187. The van der Waals surface area contributed by atoms with Gasteiger partial charge in [0.15, 0.2) is 0 Å². The minimum atomic E-state index is 0.352. The van der Waals surface area contributed by atoms with E-state index in [2.05, 4.69) is 17.6 Å². The SMILES string of the molecule is CCOC1CC(NCC2CNCCO2)C1. The standard InChI is InChI=1S/C11H22N2O2/c1-2-14-10-5-9(6-10)13-8-11-7-12-3-4-15-11/h9-13H,2-8H2,1H3. The second-order valence-electron chi connectivity index (χ2n) is 4.35. The molecule has 0 bridgehead atoms. The lowest BCUT2D eigenvalue weighted by Gasteiger charge is -2.36. The normalized spacial score (nSPS) is 36.2. The summed E-state index contributed by atoms with van der Waals surface area (Å²) in [5.74, 6) is 0. The van der Waals surface area contributed by atoms with Crippen LogP contribution in [-0.2, 0) is 9.47 Å². The molecular formula is C11H22N2O2. The lowest BCUT2D eigenvalue weighted by atomic mass is 9.89. The Morgan fingerprint density at radius 3 is 3.00 bits per heavy atom. The molecule has 1 aliphatic carbocycles. The van der Waals surface area contributed by atoms with Gasteiger partial charge in [-0.05, 0) is 19.8 Å². The maximum atomic E-state index is 5.62. The Balaban J connectivity index is 1.52. The molecule has 88 valence electrons. The van der Waals surface area contributed by atoms with Crippen LogP contribution >= 0.6 is 0 Å². The molecule has 15 heavy (non-hydrogen) atoms. The molecule has 1 heterocycles. The van der Waals surface area contributed by atoms with Crippen molar-refractivity contribution in [2.45, 2.75) is 38.0 Å². The van der Waals surface area contributed by atoms with Gasteiger partial charge in [-0.2, -0.15) is 0 Å². The third-order valence-electron chi connectivity index (χ3n) is 3.14. The summed E-state index contributed by atoms with van der Waals surface area (Å²) >= 11 is 0. The highest BCUT2D eigenvalue weighted by Gasteiger charge is 2.29. The third-order valence-corrected chi connectivity index (χ3v) is 3.14. The molecular weight excluding hydrogens is 192 g/mol. The molecule has 4 nitrogen and oxygen atoms in total. The Bertz CT molecular complexity index is 177. The van der Waals surface area contributed by atoms with E-state index in [0.29, 0.717) is 18.2 Å². The maximum Gasteiger partial charge on any atom is 0.0824 e. The number of hydrogen-bond donors (Lipinski definition) is 2. The van der Waals surface area contributed by atoms with Gasteiger partial charge in [0.25, 0.3) is 0 Å². The molecule has 2 rings (SSSR count). The first kappa shape index (κ1) is 11.3. The van der Waals surface area contributed by atoms with E-state index in [9.17, 15) is 0 Å². The molecule has 1 saturated carbocycles. The van der Waals surface area contributed by atoms with Crippen molar-refractivity contribution in [1.29, 1.82) is 0 Å². The van der Waals surface area contributed by atoms with Gasteiger partial charge in [-0.3, -0.25) is 0 Å². The summed E-state index contributed by atoms with van der Waals surface area (Å²) in [5.41, 5.74) is 0. The molecule has 0 aromatic heterocycles. The summed E-state index contributed by atoms with van der Waals surface area (Å²) < 4.78 is 11.1. The molecule has 0 amide bonds. The smallest absolute Gasteiger partial charge is 0.0824 e. The molecule has 0 aromatic carbocycles.